The molecular weight excluding hydrogens is 230 g/mol. The molecule has 1 rings (SSSR count). The first kappa shape index (κ1) is 14.6. The molecule has 4 nitrogen and oxygen atoms in total. The number of nitro groups is 1. The van der Waals surface area contributed by atoms with Gasteiger partial charge < -0.3 is 5.11 Å². The Morgan fingerprint density at radius 3 is 2.39 bits per heavy atom. The SMILES string of the molecule is CC(C)C(CCc1ccccc1[N+](=O)[O-])C(C)O. The first-order valence-electron chi connectivity index (χ1n) is 6.33. The topological polar surface area (TPSA) is 63.4 Å². The average Bonchev–Trinajstić information content (AvgIpc) is 2.28. The minimum atomic E-state index is -0.382. The van der Waals surface area contributed by atoms with E-state index in [1.165, 1.54) is 6.07 Å². The summed E-state index contributed by atoms with van der Waals surface area (Å²) in [4.78, 5) is 10.5. The van der Waals surface area contributed by atoms with Gasteiger partial charge in [-0.05, 0) is 31.6 Å². The number of nitro benzene ring substituents is 1. The fourth-order valence-electron chi connectivity index (χ4n) is 2.35. The van der Waals surface area contributed by atoms with Crippen LogP contribution in [0.25, 0.3) is 0 Å². The van der Waals surface area contributed by atoms with Crippen LogP contribution in [-0.4, -0.2) is 16.1 Å². The van der Waals surface area contributed by atoms with Gasteiger partial charge in [0.1, 0.15) is 0 Å². The van der Waals surface area contributed by atoms with Crippen LogP contribution in [0.5, 0.6) is 0 Å². The van der Waals surface area contributed by atoms with Crippen LogP contribution in [-0.2, 0) is 6.42 Å². The predicted octanol–water partition coefficient (Wildman–Crippen LogP) is 3.18. The van der Waals surface area contributed by atoms with Crippen molar-refractivity contribution in [1.82, 2.24) is 0 Å². The van der Waals surface area contributed by atoms with Gasteiger partial charge >= 0.3 is 0 Å². The lowest BCUT2D eigenvalue weighted by atomic mass is 9.85. The van der Waals surface area contributed by atoms with E-state index in [0.717, 1.165) is 12.0 Å². The van der Waals surface area contributed by atoms with Gasteiger partial charge in [-0.25, -0.2) is 0 Å². The fraction of sp³-hybridized carbons (Fsp3) is 0.571. The molecule has 0 bridgehead atoms. The number of nitrogens with zero attached hydrogens (tertiary/aromatic N) is 1. The van der Waals surface area contributed by atoms with Gasteiger partial charge in [0.05, 0.1) is 11.0 Å². The summed E-state index contributed by atoms with van der Waals surface area (Å²) in [7, 11) is 0. The van der Waals surface area contributed by atoms with Gasteiger partial charge in [0.15, 0.2) is 0 Å². The maximum absolute atomic E-state index is 10.9. The molecule has 18 heavy (non-hydrogen) atoms. The van der Waals surface area contributed by atoms with Gasteiger partial charge in [-0.3, -0.25) is 10.1 Å². The van der Waals surface area contributed by atoms with Gasteiger partial charge in [-0.2, -0.15) is 0 Å². The fourth-order valence-corrected chi connectivity index (χ4v) is 2.35. The normalized spacial score (nSPS) is 14.5. The van der Waals surface area contributed by atoms with Crippen molar-refractivity contribution < 1.29 is 10.0 Å². The maximum atomic E-state index is 10.9. The molecule has 0 aromatic heterocycles. The van der Waals surface area contributed by atoms with Crippen molar-refractivity contribution >= 4 is 5.69 Å². The Kier molecular flexibility index (Phi) is 5.28. The molecule has 0 saturated carbocycles. The lowest BCUT2D eigenvalue weighted by molar-refractivity contribution is -0.385. The zero-order chi connectivity index (χ0) is 13.7. The lowest BCUT2D eigenvalue weighted by Gasteiger charge is -2.23. The number of aliphatic hydroxyl groups is 1. The second-order valence-corrected chi connectivity index (χ2v) is 5.07. The van der Waals surface area contributed by atoms with Gasteiger partial charge in [-0.15, -0.1) is 0 Å². The van der Waals surface area contributed by atoms with Crippen LogP contribution < -0.4 is 0 Å². The molecule has 1 aromatic rings. The van der Waals surface area contributed by atoms with E-state index in [1.54, 1.807) is 19.1 Å². The summed E-state index contributed by atoms with van der Waals surface area (Å²) in [5.74, 6) is 0.539. The van der Waals surface area contributed by atoms with Gasteiger partial charge in [0.25, 0.3) is 5.69 Å². The standard InChI is InChI=1S/C14H21NO3/c1-10(2)13(11(3)16)9-8-12-6-4-5-7-14(12)15(17)18/h4-7,10-11,13,16H,8-9H2,1-3H3. The molecule has 0 fully saturated rings. The zero-order valence-corrected chi connectivity index (χ0v) is 11.2. The molecule has 0 heterocycles. The third-order valence-electron chi connectivity index (χ3n) is 3.41. The molecule has 2 atom stereocenters. The number of hydrogen-bond donors (Lipinski definition) is 1. The van der Waals surface area contributed by atoms with Crippen molar-refractivity contribution in [3.8, 4) is 0 Å². The van der Waals surface area contributed by atoms with Crippen molar-refractivity contribution in [2.24, 2.45) is 11.8 Å². The highest BCUT2D eigenvalue weighted by Gasteiger charge is 2.20. The summed E-state index contributed by atoms with van der Waals surface area (Å²) in [6.07, 6.45) is 1.01. The van der Waals surface area contributed by atoms with Crippen LogP contribution in [0.3, 0.4) is 0 Å². The molecule has 0 saturated heterocycles. The molecular formula is C14H21NO3. The first-order valence-corrected chi connectivity index (χ1v) is 6.33. The summed E-state index contributed by atoms with van der Waals surface area (Å²) in [6.45, 7) is 5.91. The third-order valence-corrected chi connectivity index (χ3v) is 3.41. The minimum absolute atomic E-state index is 0.171. The van der Waals surface area contributed by atoms with Crippen LogP contribution in [0.4, 0.5) is 5.69 Å². The number of rotatable bonds is 6. The van der Waals surface area contributed by atoms with Crippen molar-refractivity contribution in [2.75, 3.05) is 0 Å². The van der Waals surface area contributed by atoms with Crippen LogP contribution in [0.1, 0.15) is 32.8 Å². The van der Waals surface area contributed by atoms with E-state index in [0.29, 0.717) is 12.3 Å². The second kappa shape index (κ2) is 6.50. The predicted molar refractivity (Wildman–Crippen MR) is 71.4 cm³/mol. The Hall–Kier alpha value is -1.42. The summed E-state index contributed by atoms with van der Waals surface area (Å²) >= 11 is 0. The highest BCUT2D eigenvalue weighted by Crippen LogP contribution is 2.25. The Morgan fingerprint density at radius 2 is 1.89 bits per heavy atom. The van der Waals surface area contributed by atoms with Crippen LogP contribution in [0, 0.1) is 22.0 Å². The largest absolute Gasteiger partial charge is 0.393 e. The molecule has 1 N–H and O–H groups in total. The minimum Gasteiger partial charge on any atom is -0.393 e. The number of benzene rings is 1. The molecule has 0 aliphatic rings. The molecule has 1 aromatic carbocycles. The van der Waals surface area contributed by atoms with Crippen molar-refractivity contribution in [3.63, 3.8) is 0 Å². The third kappa shape index (κ3) is 3.81. The van der Waals surface area contributed by atoms with Crippen LogP contribution >= 0.6 is 0 Å². The number of para-hydroxylation sites is 1. The number of aliphatic hydroxyl groups excluding tert-OH is 1. The summed E-state index contributed by atoms with van der Waals surface area (Å²) in [5, 5.41) is 20.6. The Labute approximate surface area is 108 Å². The summed E-state index contributed by atoms with van der Waals surface area (Å²) in [6, 6.07) is 6.81. The summed E-state index contributed by atoms with van der Waals surface area (Å²) in [5.41, 5.74) is 0.916. The van der Waals surface area contributed by atoms with Gasteiger partial charge in [0, 0.05) is 11.6 Å². The molecule has 2 unspecified atom stereocenters. The van der Waals surface area contributed by atoms with Crippen LogP contribution in [0.15, 0.2) is 24.3 Å². The van der Waals surface area contributed by atoms with E-state index >= 15 is 0 Å². The molecule has 0 amide bonds. The van der Waals surface area contributed by atoms with Gasteiger partial charge in [0.2, 0.25) is 0 Å². The molecule has 0 radical (unpaired) electrons. The Balaban J connectivity index is 2.76. The monoisotopic (exact) mass is 251 g/mol. The van der Waals surface area contributed by atoms with Crippen LogP contribution in [0.2, 0.25) is 0 Å². The van der Waals surface area contributed by atoms with E-state index in [1.807, 2.05) is 6.07 Å². The summed E-state index contributed by atoms with van der Waals surface area (Å²) < 4.78 is 0. The van der Waals surface area contributed by atoms with Crippen molar-refractivity contribution in [2.45, 2.75) is 39.7 Å². The van der Waals surface area contributed by atoms with E-state index in [9.17, 15) is 15.2 Å². The maximum Gasteiger partial charge on any atom is 0.272 e. The van der Waals surface area contributed by atoms with E-state index in [2.05, 4.69) is 13.8 Å². The molecule has 4 heteroatoms. The van der Waals surface area contributed by atoms with Crippen molar-refractivity contribution in [1.29, 1.82) is 0 Å². The smallest absolute Gasteiger partial charge is 0.272 e. The zero-order valence-electron chi connectivity index (χ0n) is 11.2. The first-order chi connectivity index (χ1) is 8.43. The Morgan fingerprint density at radius 1 is 1.28 bits per heavy atom. The average molecular weight is 251 g/mol. The molecule has 100 valence electrons. The van der Waals surface area contributed by atoms with E-state index in [4.69, 9.17) is 0 Å². The van der Waals surface area contributed by atoms with E-state index in [-0.39, 0.29) is 22.6 Å². The van der Waals surface area contributed by atoms with Gasteiger partial charge in [-0.1, -0.05) is 32.0 Å². The Bertz CT molecular complexity index is 394. The second-order valence-electron chi connectivity index (χ2n) is 5.07. The number of hydrogen-bond acceptors (Lipinski definition) is 3. The molecule has 0 aliphatic carbocycles. The molecule has 0 spiro atoms. The van der Waals surface area contributed by atoms with Crippen molar-refractivity contribution in [3.05, 3.63) is 39.9 Å². The quantitative estimate of drug-likeness (QED) is 0.624. The lowest BCUT2D eigenvalue weighted by Crippen LogP contribution is -2.23. The highest BCUT2D eigenvalue weighted by molar-refractivity contribution is 5.39. The van der Waals surface area contributed by atoms with E-state index < -0.39 is 0 Å². The highest BCUT2D eigenvalue weighted by atomic mass is 16.6. The number of aryl methyl sites for hydroxylation is 1. The molecule has 0 aliphatic heterocycles.